The second kappa shape index (κ2) is 27.6. The van der Waals surface area contributed by atoms with Crippen LogP contribution in [0.1, 0.15) is 133 Å². The molecule has 0 aliphatic rings. The van der Waals surface area contributed by atoms with E-state index in [0.29, 0.717) is 43.3 Å². The van der Waals surface area contributed by atoms with Crippen LogP contribution in [0.4, 0.5) is 0 Å². The maximum absolute atomic E-state index is 6.14. The molecule has 276 valence electrons. The van der Waals surface area contributed by atoms with Gasteiger partial charge in [-0.3, -0.25) is 0 Å². The highest BCUT2D eigenvalue weighted by atomic mass is 127. The maximum Gasteiger partial charge on any atom is 0.254 e. The fourth-order valence-electron chi connectivity index (χ4n) is 5.88. The quantitative estimate of drug-likeness (QED) is 0.0351. The first-order valence-corrected chi connectivity index (χ1v) is 20.6. The van der Waals surface area contributed by atoms with E-state index in [-0.39, 0.29) is 12.7 Å². The summed E-state index contributed by atoms with van der Waals surface area (Å²) in [4.78, 5) is 0. The Labute approximate surface area is 309 Å². The molecule has 0 amide bonds. The minimum atomic E-state index is -0.377. The zero-order valence-corrected chi connectivity index (χ0v) is 32.5. The largest absolute Gasteiger partial charge is 0.471 e. The Morgan fingerprint density at radius 2 is 1.39 bits per heavy atom. The second-order valence-electron chi connectivity index (χ2n) is 13.4. The zero-order chi connectivity index (χ0) is 34.6. The molecule has 0 saturated heterocycles. The monoisotopic (exact) mass is 794 g/mol. The van der Waals surface area contributed by atoms with Crippen LogP contribution in [0, 0.1) is 12.8 Å². The van der Waals surface area contributed by atoms with Gasteiger partial charge in [-0.25, -0.2) is 0 Å². The number of halogens is 1. The summed E-state index contributed by atoms with van der Waals surface area (Å²) < 4.78 is 36.3. The summed E-state index contributed by atoms with van der Waals surface area (Å²) in [6.07, 6.45) is 22.4. The van der Waals surface area contributed by atoms with Gasteiger partial charge in [0.05, 0.1) is 13.2 Å². The number of rotatable bonds is 32. The zero-order valence-electron chi connectivity index (χ0n) is 30.4. The number of aromatic nitrogens is 2. The van der Waals surface area contributed by atoms with Crippen molar-refractivity contribution in [1.82, 2.24) is 10.3 Å². The van der Waals surface area contributed by atoms with Crippen molar-refractivity contribution in [2.24, 2.45) is 5.92 Å². The van der Waals surface area contributed by atoms with Gasteiger partial charge in [0.15, 0.2) is 6.10 Å². The van der Waals surface area contributed by atoms with Gasteiger partial charge in [-0.05, 0) is 58.8 Å². The van der Waals surface area contributed by atoms with Crippen LogP contribution in [-0.2, 0) is 22.5 Å². The fraction of sp³-hybridized carbons (Fsp3) is 0.700. The van der Waals surface area contributed by atoms with Crippen molar-refractivity contribution in [3.05, 3.63) is 59.5 Å². The summed E-state index contributed by atoms with van der Waals surface area (Å²) in [7, 11) is 0. The van der Waals surface area contributed by atoms with E-state index in [0.717, 1.165) is 38.1 Å². The number of hydrogen-bond acceptors (Lipinski definition) is 8. The molecule has 2 heterocycles. The third kappa shape index (κ3) is 20.4. The molecule has 0 radical (unpaired) electrons. The number of ether oxygens (including phenoxy) is 4. The van der Waals surface area contributed by atoms with Gasteiger partial charge in [0.2, 0.25) is 0 Å². The lowest BCUT2D eigenvalue weighted by atomic mass is 10.00. The number of benzene rings is 1. The number of nitrogens with zero attached hydrogens (tertiary/aromatic N) is 2. The first kappa shape index (κ1) is 41.3. The highest BCUT2D eigenvalue weighted by molar-refractivity contribution is 14.1. The molecule has 8 nitrogen and oxygen atoms in total. The average Bonchev–Trinajstić information content (AvgIpc) is 3.75. The van der Waals surface area contributed by atoms with Crippen molar-refractivity contribution in [3.8, 4) is 11.8 Å². The van der Waals surface area contributed by atoms with Gasteiger partial charge in [0.1, 0.15) is 18.1 Å². The average molecular weight is 795 g/mol. The third-order valence-electron chi connectivity index (χ3n) is 8.81. The highest BCUT2D eigenvalue weighted by Gasteiger charge is 2.17. The Morgan fingerprint density at radius 3 is 2.06 bits per heavy atom. The van der Waals surface area contributed by atoms with Crippen molar-refractivity contribution in [1.29, 1.82) is 0 Å². The van der Waals surface area contributed by atoms with Crippen molar-refractivity contribution < 1.29 is 28.0 Å². The molecular formula is C40H63IN2O6. The summed E-state index contributed by atoms with van der Waals surface area (Å²) in [5, 5.41) is 8.14. The summed E-state index contributed by atoms with van der Waals surface area (Å²) in [5.74, 6) is 2.89. The molecule has 0 saturated carbocycles. The minimum Gasteiger partial charge on any atom is -0.471 e. The molecule has 3 aromatic rings. The van der Waals surface area contributed by atoms with E-state index < -0.39 is 0 Å². The van der Waals surface area contributed by atoms with Crippen LogP contribution in [-0.4, -0.2) is 47.3 Å². The number of unbranched alkanes of at least 4 members (excludes halogenated alkanes) is 13. The van der Waals surface area contributed by atoms with Crippen molar-refractivity contribution >= 4 is 22.6 Å². The van der Waals surface area contributed by atoms with Gasteiger partial charge in [-0.15, -0.1) is 0 Å². The molecule has 2 aromatic heterocycles. The van der Waals surface area contributed by atoms with Gasteiger partial charge >= 0.3 is 0 Å². The first-order valence-electron chi connectivity index (χ1n) is 19.1. The van der Waals surface area contributed by atoms with Crippen LogP contribution in [0.2, 0.25) is 0 Å². The fourth-order valence-corrected chi connectivity index (χ4v) is 6.42. The molecular weight excluding hydrogens is 731 g/mol. The summed E-state index contributed by atoms with van der Waals surface area (Å²) >= 11 is 2.45. The Balaban J connectivity index is 1.33. The third-order valence-corrected chi connectivity index (χ3v) is 9.57. The Hall–Kier alpha value is -2.11. The second-order valence-corrected chi connectivity index (χ2v) is 14.4. The van der Waals surface area contributed by atoms with E-state index >= 15 is 0 Å². The van der Waals surface area contributed by atoms with E-state index in [1.54, 1.807) is 6.07 Å². The summed E-state index contributed by atoms with van der Waals surface area (Å²) in [5.41, 5.74) is 1.20. The first-order chi connectivity index (χ1) is 24.2. The van der Waals surface area contributed by atoms with Gasteiger partial charge < -0.3 is 28.0 Å². The smallest absolute Gasteiger partial charge is 0.254 e. The lowest BCUT2D eigenvalue weighted by Gasteiger charge is -2.20. The number of alkyl halides is 1. The summed E-state index contributed by atoms with van der Waals surface area (Å²) in [6.45, 7) is 6.73. The lowest BCUT2D eigenvalue weighted by Crippen LogP contribution is -2.30. The maximum atomic E-state index is 6.14. The molecule has 9 heteroatoms. The number of hydrogen-bond donors (Lipinski definition) is 0. The molecule has 0 bridgehead atoms. The van der Waals surface area contributed by atoms with Crippen LogP contribution in [0.15, 0.2) is 51.5 Å². The predicted octanol–water partition coefficient (Wildman–Crippen LogP) is 11.3. The molecule has 0 N–H and O–H groups in total. The van der Waals surface area contributed by atoms with E-state index in [2.05, 4.69) is 64.1 Å². The highest BCUT2D eigenvalue weighted by Crippen LogP contribution is 2.19. The van der Waals surface area contributed by atoms with E-state index in [1.807, 2.05) is 19.1 Å². The molecule has 2 atom stereocenters. The summed E-state index contributed by atoms with van der Waals surface area (Å²) in [6, 6.07) is 14.0. The lowest BCUT2D eigenvalue weighted by molar-refractivity contribution is 0.00901. The molecule has 3 rings (SSSR count). The minimum absolute atomic E-state index is 0.260. The van der Waals surface area contributed by atoms with Crippen molar-refractivity contribution in [2.75, 3.05) is 30.9 Å². The van der Waals surface area contributed by atoms with E-state index in [4.69, 9.17) is 28.0 Å². The van der Waals surface area contributed by atoms with E-state index in [1.165, 1.54) is 99.9 Å². The molecule has 0 spiro atoms. The SMILES string of the molecule is CCCCCCCCCCCCCCCc1cc(OC[C@H](COCC[C@@H](CCCCI)COCc2ccccc2)Oc2cc(C)on2)no1. The van der Waals surface area contributed by atoms with Crippen molar-refractivity contribution in [3.63, 3.8) is 0 Å². The van der Waals surface area contributed by atoms with Gasteiger partial charge in [0.25, 0.3) is 11.8 Å². The molecule has 0 aliphatic carbocycles. The van der Waals surface area contributed by atoms with Crippen LogP contribution in [0.25, 0.3) is 0 Å². The van der Waals surface area contributed by atoms with E-state index in [9.17, 15) is 0 Å². The predicted molar refractivity (Wildman–Crippen MR) is 205 cm³/mol. The van der Waals surface area contributed by atoms with Gasteiger partial charge in [-0.1, -0.05) is 143 Å². The standard InChI is InChI=1S/C40H63IN2O6/c1-3-4-5-6-7-8-9-10-11-12-13-14-18-24-37-29-39(42-49-37)46-33-38(47-40-28-34(2)48-43-40)32-44-27-25-36(23-19-20-26-41)31-45-30-35-21-16-15-17-22-35/h15-17,21-22,28-29,36,38H,3-14,18-20,23-27,30-33H2,1-2H3/t36-,38+/m1/s1. The van der Waals surface area contributed by atoms with Crippen LogP contribution >= 0.6 is 22.6 Å². The number of aryl methyl sites for hydroxylation is 2. The molecule has 0 aliphatic heterocycles. The Kier molecular flexibility index (Phi) is 23.3. The molecule has 49 heavy (non-hydrogen) atoms. The molecule has 0 unspecified atom stereocenters. The Bertz CT molecular complexity index is 1170. The molecule has 0 fully saturated rings. The van der Waals surface area contributed by atoms with Crippen LogP contribution in [0.5, 0.6) is 11.8 Å². The normalized spacial score (nSPS) is 12.7. The Morgan fingerprint density at radius 1 is 0.694 bits per heavy atom. The van der Waals surface area contributed by atoms with Gasteiger partial charge in [-0.2, -0.15) is 0 Å². The molecule has 1 aromatic carbocycles. The van der Waals surface area contributed by atoms with Crippen LogP contribution < -0.4 is 9.47 Å². The van der Waals surface area contributed by atoms with Gasteiger partial charge in [0, 0.05) is 31.8 Å². The topological polar surface area (TPSA) is 89.0 Å². The van der Waals surface area contributed by atoms with Crippen LogP contribution in [0.3, 0.4) is 0 Å². The van der Waals surface area contributed by atoms with Crippen molar-refractivity contribution in [2.45, 2.75) is 142 Å².